The number of fused-ring (bicyclic) bond motifs is 1. The van der Waals surface area contributed by atoms with Gasteiger partial charge >= 0.3 is 5.97 Å². The van der Waals surface area contributed by atoms with Gasteiger partial charge in [-0.05, 0) is 24.3 Å². The molecule has 5 N–H and O–H groups in total. The molecule has 4 rings (SSSR count). The van der Waals surface area contributed by atoms with Gasteiger partial charge in [-0.2, -0.15) is 0 Å². The van der Waals surface area contributed by atoms with Crippen LogP contribution in [0.5, 0.6) is 46.0 Å². The van der Waals surface area contributed by atoms with Gasteiger partial charge in [-0.25, -0.2) is 4.79 Å². The first-order valence-electron chi connectivity index (χ1n) is 10.1. The zero-order chi connectivity index (χ0) is 24.6. The summed E-state index contributed by atoms with van der Waals surface area (Å²) in [6.07, 6.45) is -1.81. The molecule has 10 heteroatoms. The van der Waals surface area contributed by atoms with E-state index in [1.54, 1.807) is 18.2 Å². The zero-order valence-corrected chi connectivity index (χ0v) is 18.2. The second-order valence-corrected chi connectivity index (χ2v) is 7.61. The molecule has 0 amide bonds. The van der Waals surface area contributed by atoms with Gasteiger partial charge in [0.2, 0.25) is 0 Å². The lowest BCUT2D eigenvalue weighted by Crippen LogP contribution is -2.34. The minimum Gasteiger partial charge on any atom is -0.508 e. The summed E-state index contributed by atoms with van der Waals surface area (Å²) in [5.74, 6) is -2.40. The molecule has 1 aliphatic rings. The highest BCUT2D eigenvalue weighted by molar-refractivity contribution is 5.91. The monoisotopic (exact) mass is 470 g/mol. The summed E-state index contributed by atoms with van der Waals surface area (Å²) in [4.78, 5) is 12.9. The van der Waals surface area contributed by atoms with Gasteiger partial charge in [0.15, 0.2) is 34.9 Å². The molecule has 178 valence electrons. The summed E-state index contributed by atoms with van der Waals surface area (Å²) in [7, 11) is 2.96. The lowest BCUT2D eigenvalue weighted by molar-refractivity contribution is -0.0189. The Hall–Kier alpha value is -4.47. The van der Waals surface area contributed by atoms with E-state index in [9.17, 15) is 30.3 Å². The number of rotatable bonds is 5. The van der Waals surface area contributed by atoms with E-state index in [1.165, 1.54) is 20.3 Å². The van der Waals surface area contributed by atoms with Crippen LogP contribution >= 0.6 is 0 Å². The van der Waals surface area contributed by atoms with Crippen LogP contribution in [0, 0.1) is 0 Å². The van der Waals surface area contributed by atoms with Crippen LogP contribution in [0.1, 0.15) is 27.6 Å². The van der Waals surface area contributed by atoms with Crippen molar-refractivity contribution in [2.45, 2.75) is 18.6 Å². The van der Waals surface area contributed by atoms with Gasteiger partial charge in [0.25, 0.3) is 0 Å². The van der Waals surface area contributed by atoms with E-state index in [2.05, 4.69) is 0 Å². The van der Waals surface area contributed by atoms with E-state index in [0.717, 1.165) is 18.2 Å². The molecule has 0 spiro atoms. The van der Waals surface area contributed by atoms with E-state index in [1.807, 2.05) is 0 Å². The van der Waals surface area contributed by atoms with Crippen LogP contribution in [0.3, 0.4) is 0 Å². The molecule has 0 bridgehead atoms. The van der Waals surface area contributed by atoms with Crippen LogP contribution in [-0.2, 0) is 11.2 Å². The number of phenols is 5. The van der Waals surface area contributed by atoms with Crippen LogP contribution in [0.15, 0.2) is 42.5 Å². The molecular formula is C24H22O10. The molecular weight excluding hydrogens is 448 g/mol. The van der Waals surface area contributed by atoms with Crippen molar-refractivity contribution in [1.29, 1.82) is 0 Å². The van der Waals surface area contributed by atoms with Crippen molar-refractivity contribution in [2.75, 3.05) is 14.2 Å². The van der Waals surface area contributed by atoms with Crippen LogP contribution < -0.4 is 14.2 Å². The molecule has 0 aliphatic carbocycles. The van der Waals surface area contributed by atoms with E-state index >= 15 is 0 Å². The van der Waals surface area contributed by atoms with E-state index in [4.69, 9.17) is 18.9 Å². The highest BCUT2D eigenvalue weighted by atomic mass is 16.6. The molecule has 0 fully saturated rings. The van der Waals surface area contributed by atoms with Crippen LogP contribution in [-0.4, -0.2) is 51.8 Å². The smallest absolute Gasteiger partial charge is 0.338 e. The number of carbonyl (C=O) groups excluding carboxylic acids is 1. The standard InChI is InChI=1S/C24H22O10/c1-31-18-4-3-11(7-20(18)32-2)23-21(10-14-15(26)8-13(25)9-19(14)33-23)34-24(30)12-5-16(27)22(29)17(28)6-12/h3-9,21,23,25-29H,10H2,1-2H3/t21-,23-/m1/s1. The lowest BCUT2D eigenvalue weighted by atomic mass is 9.93. The molecule has 0 aromatic heterocycles. The first-order chi connectivity index (χ1) is 16.2. The van der Waals surface area contributed by atoms with Gasteiger partial charge in [0.1, 0.15) is 23.4 Å². The maximum atomic E-state index is 12.9. The maximum Gasteiger partial charge on any atom is 0.338 e. The fourth-order valence-corrected chi connectivity index (χ4v) is 3.79. The quantitative estimate of drug-likeness (QED) is 0.277. The molecule has 34 heavy (non-hydrogen) atoms. The summed E-state index contributed by atoms with van der Waals surface area (Å²) >= 11 is 0. The Morgan fingerprint density at radius 3 is 2.21 bits per heavy atom. The third-order valence-corrected chi connectivity index (χ3v) is 5.47. The minimum atomic E-state index is -0.966. The molecule has 0 unspecified atom stereocenters. The molecule has 0 saturated heterocycles. The maximum absolute atomic E-state index is 12.9. The summed E-state index contributed by atoms with van der Waals surface area (Å²) < 4.78 is 22.3. The number of aromatic hydroxyl groups is 5. The Morgan fingerprint density at radius 2 is 1.56 bits per heavy atom. The highest BCUT2D eigenvalue weighted by Crippen LogP contribution is 2.44. The Bertz CT molecular complexity index is 1230. The number of methoxy groups -OCH3 is 2. The molecule has 0 radical (unpaired) electrons. The summed E-state index contributed by atoms with van der Waals surface area (Å²) in [5.41, 5.74) is 0.670. The van der Waals surface area contributed by atoms with Crippen LogP contribution in [0.2, 0.25) is 0 Å². The topological polar surface area (TPSA) is 155 Å². The number of hydrogen-bond donors (Lipinski definition) is 5. The molecule has 1 aliphatic heterocycles. The summed E-state index contributed by atoms with van der Waals surface area (Å²) in [6, 6.07) is 9.40. The largest absolute Gasteiger partial charge is 0.508 e. The zero-order valence-electron chi connectivity index (χ0n) is 18.2. The average Bonchev–Trinajstić information content (AvgIpc) is 2.81. The first kappa shape index (κ1) is 22.7. The van der Waals surface area contributed by atoms with Gasteiger partial charge in [-0.3, -0.25) is 0 Å². The number of ether oxygens (including phenoxy) is 4. The summed E-state index contributed by atoms with van der Waals surface area (Å²) in [5, 5.41) is 49.2. The SMILES string of the molecule is COc1ccc([C@H]2Oc3cc(O)cc(O)c3C[C@H]2OC(=O)c2cc(O)c(O)c(O)c2)cc1OC. The Morgan fingerprint density at radius 1 is 0.882 bits per heavy atom. The summed E-state index contributed by atoms with van der Waals surface area (Å²) in [6.45, 7) is 0. The van der Waals surface area contributed by atoms with Crippen molar-refractivity contribution in [3.63, 3.8) is 0 Å². The van der Waals surface area contributed by atoms with Gasteiger partial charge < -0.3 is 44.5 Å². The lowest BCUT2D eigenvalue weighted by Gasteiger charge is -2.34. The Kier molecular flexibility index (Phi) is 5.89. The van der Waals surface area contributed by atoms with Crippen molar-refractivity contribution in [3.8, 4) is 46.0 Å². The predicted molar refractivity (Wildman–Crippen MR) is 117 cm³/mol. The normalized spacial score (nSPS) is 16.8. The van der Waals surface area contributed by atoms with E-state index in [0.29, 0.717) is 22.6 Å². The van der Waals surface area contributed by atoms with Crippen LogP contribution in [0.4, 0.5) is 0 Å². The molecule has 1 heterocycles. The second kappa shape index (κ2) is 8.81. The van der Waals surface area contributed by atoms with Gasteiger partial charge in [0, 0.05) is 29.7 Å². The van der Waals surface area contributed by atoms with Crippen molar-refractivity contribution >= 4 is 5.97 Å². The number of phenolic OH excluding ortho intramolecular Hbond substituents is 5. The third kappa shape index (κ3) is 4.13. The van der Waals surface area contributed by atoms with Crippen molar-refractivity contribution < 1.29 is 49.3 Å². The Balaban J connectivity index is 1.73. The van der Waals surface area contributed by atoms with E-state index in [-0.39, 0.29) is 29.2 Å². The van der Waals surface area contributed by atoms with Crippen molar-refractivity contribution in [2.24, 2.45) is 0 Å². The average molecular weight is 470 g/mol. The molecule has 3 aromatic rings. The molecule has 10 nitrogen and oxygen atoms in total. The van der Waals surface area contributed by atoms with Gasteiger partial charge in [0.05, 0.1) is 19.8 Å². The Labute approximate surface area is 193 Å². The van der Waals surface area contributed by atoms with Gasteiger partial charge in [-0.15, -0.1) is 0 Å². The van der Waals surface area contributed by atoms with Crippen molar-refractivity contribution in [1.82, 2.24) is 0 Å². The number of carbonyl (C=O) groups is 1. The highest BCUT2D eigenvalue weighted by Gasteiger charge is 2.37. The second-order valence-electron chi connectivity index (χ2n) is 7.61. The molecule has 2 atom stereocenters. The molecule has 3 aromatic carbocycles. The fourth-order valence-electron chi connectivity index (χ4n) is 3.79. The number of hydrogen-bond acceptors (Lipinski definition) is 10. The fraction of sp³-hybridized carbons (Fsp3) is 0.208. The first-order valence-corrected chi connectivity index (χ1v) is 10.1. The number of benzene rings is 3. The third-order valence-electron chi connectivity index (χ3n) is 5.47. The van der Waals surface area contributed by atoms with E-state index < -0.39 is 35.4 Å². The van der Waals surface area contributed by atoms with Crippen LogP contribution in [0.25, 0.3) is 0 Å². The predicted octanol–water partition coefficient (Wildman–Crippen LogP) is 3.13. The number of esters is 1. The minimum absolute atomic E-state index is 0.0300. The van der Waals surface area contributed by atoms with Crippen molar-refractivity contribution in [3.05, 3.63) is 59.2 Å². The van der Waals surface area contributed by atoms with Gasteiger partial charge in [-0.1, -0.05) is 6.07 Å². The molecule has 0 saturated carbocycles.